The van der Waals surface area contributed by atoms with E-state index in [0.717, 1.165) is 17.1 Å². The van der Waals surface area contributed by atoms with E-state index in [1.54, 1.807) is 0 Å². The summed E-state index contributed by atoms with van der Waals surface area (Å²) in [6, 6.07) is 15.5. The number of rotatable bonds is 6. The van der Waals surface area contributed by atoms with Crippen molar-refractivity contribution in [3.8, 4) is 5.75 Å². The van der Waals surface area contributed by atoms with E-state index in [2.05, 4.69) is 37.5 Å². The van der Waals surface area contributed by atoms with E-state index < -0.39 is 0 Å². The summed E-state index contributed by atoms with van der Waals surface area (Å²) in [7, 11) is 0. The normalized spacial score (nSPS) is 11.0. The fraction of sp³-hybridized carbons (Fsp3) is 0.350. The molecule has 0 aliphatic rings. The number of anilines is 2. The van der Waals surface area contributed by atoms with Crippen LogP contribution in [0.5, 0.6) is 5.75 Å². The lowest BCUT2D eigenvalue weighted by molar-refractivity contribution is -0.114. The molecule has 0 spiro atoms. The summed E-state index contributed by atoms with van der Waals surface area (Å²) in [4.78, 5) is 12.2. The van der Waals surface area contributed by atoms with Crippen molar-refractivity contribution >= 4 is 17.3 Å². The molecule has 0 bridgehead atoms. The van der Waals surface area contributed by atoms with Crippen molar-refractivity contribution in [3.05, 3.63) is 54.1 Å². The number of nitrogens with one attached hydrogen (secondary N) is 2. The van der Waals surface area contributed by atoms with E-state index in [0.29, 0.717) is 6.61 Å². The summed E-state index contributed by atoms with van der Waals surface area (Å²) in [5, 5.41) is 6.12. The minimum Gasteiger partial charge on any atom is -0.494 e. The molecule has 0 fully saturated rings. The molecule has 2 rings (SSSR count). The van der Waals surface area contributed by atoms with Crippen molar-refractivity contribution in [2.75, 3.05) is 23.8 Å². The smallest absolute Gasteiger partial charge is 0.243 e. The maximum absolute atomic E-state index is 12.2. The van der Waals surface area contributed by atoms with Crippen molar-refractivity contribution in [1.29, 1.82) is 0 Å². The van der Waals surface area contributed by atoms with E-state index in [-0.39, 0.29) is 17.9 Å². The van der Waals surface area contributed by atoms with Gasteiger partial charge in [0.2, 0.25) is 5.91 Å². The van der Waals surface area contributed by atoms with Crippen molar-refractivity contribution in [1.82, 2.24) is 0 Å². The van der Waals surface area contributed by atoms with E-state index >= 15 is 0 Å². The summed E-state index contributed by atoms with van der Waals surface area (Å²) in [6.45, 7) is 9.27. The second kappa shape index (κ2) is 7.86. The molecular formula is C20H26N2O2. The molecule has 0 radical (unpaired) electrons. The first-order valence-electron chi connectivity index (χ1n) is 8.26. The average molecular weight is 326 g/mol. The fourth-order valence-corrected chi connectivity index (χ4v) is 2.47. The lowest BCUT2D eigenvalue weighted by Crippen LogP contribution is -2.23. The molecule has 1 amide bonds. The SMILES string of the molecule is CCOc1ccc(NC(=O)CNc2ccccc2C(C)(C)C)cc1. The number of para-hydroxylation sites is 1. The highest BCUT2D eigenvalue weighted by Gasteiger charge is 2.17. The van der Waals surface area contributed by atoms with Gasteiger partial charge < -0.3 is 15.4 Å². The molecule has 4 nitrogen and oxygen atoms in total. The summed E-state index contributed by atoms with van der Waals surface area (Å²) < 4.78 is 5.39. The number of hydrogen-bond acceptors (Lipinski definition) is 3. The molecule has 2 aromatic rings. The zero-order valence-electron chi connectivity index (χ0n) is 14.8. The van der Waals surface area contributed by atoms with Gasteiger partial charge >= 0.3 is 0 Å². The third-order valence-corrected chi connectivity index (χ3v) is 3.62. The van der Waals surface area contributed by atoms with E-state index in [1.807, 2.05) is 49.4 Å². The zero-order chi connectivity index (χ0) is 17.6. The van der Waals surface area contributed by atoms with Crippen LogP contribution in [0.25, 0.3) is 0 Å². The second-order valence-corrected chi connectivity index (χ2v) is 6.65. The standard InChI is InChI=1S/C20H26N2O2/c1-5-24-16-12-10-15(11-13-16)22-19(23)14-21-18-9-7-6-8-17(18)20(2,3)4/h6-13,21H,5,14H2,1-4H3,(H,22,23). The van der Waals surface area contributed by atoms with E-state index in [4.69, 9.17) is 4.74 Å². The van der Waals surface area contributed by atoms with Crippen molar-refractivity contribution in [3.63, 3.8) is 0 Å². The minimum absolute atomic E-state index is 0.0230. The molecule has 128 valence electrons. The van der Waals surface area contributed by atoms with Gasteiger partial charge in [-0.3, -0.25) is 4.79 Å². The number of ether oxygens (including phenoxy) is 1. The molecule has 4 heteroatoms. The predicted molar refractivity (Wildman–Crippen MR) is 99.9 cm³/mol. The van der Waals surface area contributed by atoms with Gasteiger partial charge in [-0.15, -0.1) is 0 Å². The third kappa shape index (κ3) is 5.01. The Kier molecular flexibility index (Phi) is 5.85. The average Bonchev–Trinajstić information content (AvgIpc) is 2.54. The Hall–Kier alpha value is -2.49. The molecule has 0 aliphatic carbocycles. The van der Waals surface area contributed by atoms with Gasteiger partial charge in [-0.05, 0) is 48.2 Å². The topological polar surface area (TPSA) is 50.4 Å². The Morgan fingerprint density at radius 3 is 2.33 bits per heavy atom. The fourth-order valence-electron chi connectivity index (χ4n) is 2.47. The van der Waals surface area contributed by atoms with Gasteiger partial charge in [0.25, 0.3) is 0 Å². The van der Waals surface area contributed by atoms with Crippen molar-refractivity contribution < 1.29 is 9.53 Å². The summed E-state index contributed by atoms with van der Waals surface area (Å²) in [5.74, 6) is 0.718. The van der Waals surface area contributed by atoms with Crippen LogP contribution in [0.1, 0.15) is 33.3 Å². The van der Waals surface area contributed by atoms with E-state index in [1.165, 1.54) is 5.56 Å². The molecule has 24 heavy (non-hydrogen) atoms. The number of hydrogen-bond donors (Lipinski definition) is 2. The maximum Gasteiger partial charge on any atom is 0.243 e. The molecule has 0 heterocycles. The largest absolute Gasteiger partial charge is 0.494 e. The van der Waals surface area contributed by atoms with E-state index in [9.17, 15) is 4.79 Å². The first-order chi connectivity index (χ1) is 11.4. The first kappa shape index (κ1) is 17.9. The zero-order valence-corrected chi connectivity index (χ0v) is 14.8. The minimum atomic E-state index is -0.0807. The Morgan fingerprint density at radius 1 is 1.04 bits per heavy atom. The Balaban J connectivity index is 1.94. The third-order valence-electron chi connectivity index (χ3n) is 3.62. The van der Waals surface area contributed by atoms with Crippen LogP contribution >= 0.6 is 0 Å². The quantitative estimate of drug-likeness (QED) is 0.825. The highest BCUT2D eigenvalue weighted by Crippen LogP contribution is 2.29. The Morgan fingerprint density at radius 2 is 1.71 bits per heavy atom. The van der Waals surface area contributed by atoms with Gasteiger partial charge in [0, 0.05) is 11.4 Å². The summed E-state index contributed by atoms with van der Waals surface area (Å²) >= 11 is 0. The molecule has 2 N–H and O–H groups in total. The first-order valence-corrected chi connectivity index (χ1v) is 8.26. The van der Waals surface area contributed by atoms with Crippen LogP contribution in [0.2, 0.25) is 0 Å². The van der Waals surface area contributed by atoms with Gasteiger partial charge in [0.05, 0.1) is 13.2 Å². The highest BCUT2D eigenvalue weighted by molar-refractivity contribution is 5.93. The number of carbonyl (C=O) groups excluding carboxylic acids is 1. The maximum atomic E-state index is 12.2. The van der Waals surface area contributed by atoms with Gasteiger partial charge in [0.1, 0.15) is 5.75 Å². The van der Waals surface area contributed by atoms with Crippen LogP contribution in [0.4, 0.5) is 11.4 Å². The molecule has 0 aromatic heterocycles. The van der Waals surface area contributed by atoms with Crippen LogP contribution in [-0.4, -0.2) is 19.1 Å². The van der Waals surface area contributed by atoms with Crippen molar-refractivity contribution in [2.45, 2.75) is 33.1 Å². The molecule has 2 aromatic carbocycles. The highest BCUT2D eigenvalue weighted by atomic mass is 16.5. The number of benzene rings is 2. The van der Waals surface area contributed by atoms with Crippen molar-refractivity contribution in [2.24, 2.45) is 0 Å². The number of amides is 1. The Bertz CT molecular complexity index is 673. The van der Waals surface area contributed by atoms with Crippen LogP contribution in [0, 0.1) is 0 Å². The Labute approximate surface area is 144 Å². The lowest BCUT2D eigenvalue weighted by atomic mass is 9.86. The van der Waals surface area contributed by atoms with Gasteiger partial charge in [-0.2, -0.15) is 0 Å². The molecule has 0 saturated heterocycles. The molecule has 0 aliphatic heterocycles. The summed E-state index contributed by atoms with van der Waals surface area (Å²) in [5.41, 5.74) is 2.97. The lowest BCUT2D eigenvalue weighted by Gasteiger charge is -2.23. The molecular weight excluding hydrogens is 300 g/mol. The molecule has 0 atom stereocenters. The van der Waals surface area contributed by atoms with Crippen LogP contribution < -0.4 is 15.4 Å². The second-order valence-electron chi connectivity index (χ2n) is 6.65. The summed E-state index contributed by atoms with van der Waals surface area (Å²) in [6.07, 6.45) is 0. The number of carbonyl (C=O) groups is 1. The van der Waals surface area contributed by atoms with Crippen LogP contribution in [-0.2, 0) is 10.2 Å². The molecule has 0 saturated carbocycles. The van der Waals surface area contributed by atoms with Crippen LogP contribution in [0.15, 0.2) is 48.5 Å². The van der Waals surface area contributed by atoms with Gasteiger partial charge in [0.15, 0.2) is 0 Å². The monoisotopic (exact) mass is 326 g/mol. The predicted octanol–water partition coefficient (Wildman–Crippen LogP) is 4.43. The van der Waals surface area contributed by atoms with Gasteiger partial charge in [-0.25, -0.2) is 0 Å². The molecule has 0 unspecified atom stereocenters. The van der Waals surface area contributed by atoms with Gasteiger partial charge in [-0.1, -0.05) is 39.0 Å². The van der Waals surface area contributed by atoms with Crippen LogP contribution in [0.3, 0.4) is 0 Å².